The van der Waals surface area contributed by atoms with E-state index in [1.807, 2.05) is 0 Å². The van der Waals surface area contributed by atoms with E-state index in [9.17, 15) is 0 Å². The first-order valence-corrected chi connectivity index (χ1v) is 6.22. The van der Waals surface area contributed by atoms with Crippen LogP contribution in [-0.2, 0) is 0 Å². The molecule has 1 unspecified atom stereocenters. The molecule has 0 saturated heterocycles. The maximum atomic E-state index is 5.62. The molecular formula is C12H17BrN2. The Morgan fingerprint density at radius 2 is 2.27 bits per heavy atom. The number of hydrazine groups is 1. The summed E-state index contributed by atoms with van der Waals surface area (Å²) in [5, 5.41) is 0. The van der Waals surface area contributed by atoms with Gasteiger partial charge in [0, 0.05) is 10.5 Å². The summed E-state index contributed by atoms with van der Waals surface area (Å²) >= 11 is 3.60. The highest BCUT2D eigenvalue weighted by Crippen LogP contribution is 2.38. The van der Waals surface area contributed by atoms with Crippen molar-refractivity contribution in [2.75, 3.05) is 0 Å². The van der Waals surface area contributed by atoms with Crippen molar-refractivity contribution in [3.8, 4) is 0 Å². The highest BCUT2D eigenvalue weighted by atomic mass is 79.9. The van der Waals surface area contributed by atoms with E-state index in [1.165, 1.54) is 24.0 Å². The van der Waals surface area contributed by atoms with E-state index in [4.69, 9.17) is 5.84 Å². The van der Waals surface area contributed by atoms with Gasteiger partial charge in [0.15, 0.2) is 0 Å². The van der Waals surface area contributed by atoms with Gasteiger partial charge in [-0.2, -0.15) is 0 Å². The van der Waals surface area contributed by atoms with Crippen molar-refractivity contribution in [1.82, 2.24) is 5.43 Å². The summed E-state index contributed by atoms with van der Waals surface area (Å²) in [6.45, 7) is 2.10. The fourth-order valence-corrected chi connectivity index (χ4v) is 2.66. The van der Waals surface area contributed by atoms with Gasteiger partial charge in [0.2, 0.25) is 0 Å². The third kappa shape index (κ3) is 2.80. The number of nitrogens with one attached hydrogen (secondary N) is 1. The van der Waals surface area contributed by atoms with E-state index in [1.54, 1.807) is 0 Å². The van der Waals surface area contributed by atoms with Crippen LogP contribution in [0, 0.1) is 12.8 Å². The van der Waals surface area contributed by atoms with Crippen LogP contribution in [0.2, 0.25) is 0 Å². The molecule has 0 heterocycles. The molecule has 3 N–H and O–H groups in total. The quantitative estimate of drug-likeness (QED) is 0.651. The summed E-state index contributed by atoms with van der Waals surface area (Å²) in [5.41, 5.74) is 5.46. The van der Waals surface area contributed by atoms with Gasteiger partial charge in [-0.15, -0.1) is 0 Å². The smallest absolute Gasteiger partial charge is 0.0473 e. The lowest BCUT2D eigenvalue weighted by Crippen LogP contribution is -2.28. The van der Waals surface area contributed by atoms with Gasteiger partial charge in [-0.25, -0.2) is 0 Å². The molecule has 1 aromatic rings. The number of benzene rings is 1. The summed E-state index contributed by atoms with van der Waals surface area (Å²) in [6, 6.07) is 6.73. The first-order chi connectivity index (χ1) is 7.20. The van der Waals surface area contributed by atoms with Crippen molar-refractivity contribution < 1.29 is 0 Å². The topological polar surface area (TPSA) is 38.0 Å². The van der Waals surface area contributed by atoms with Crippen LogP contribution in [0.3, 0.4) is 0 Å². The van der Waals surface area contributed by atoms with Crippen molar-refractivity contribution in [2.45, 2.75) is 32.2 Å². The lowest BCUT2D eigenvalue weighted by molar-refractivity contribution is 0.485. The zero-order chi connectivity index (χ0) is 10.8. The first kappa shape index (κ1) is 11.1. The Kier molecular flexibility index (Phi) is 3.44. The molecule has 1 atom stereocenters. The van der Waals surface area contributed by atoms with E-state index < -0.39 is 0 Å². The van der Waals surface area contributed by atoms with Crippen molar-refractivity contribution in [2.24, 2.45) is 11.8 Å². The van der Waals surface area contributed by atoms with Crippen LogP contribution >= 0.6 is 15.9 Å². The van der Waals surface area contributed by atoms with E-state index in [2.05, 4.69) is 46.5 Å². The summed E-state index contributed by atoms with van der Waals surface area (Å²) in [6.07, 6.45) is 3.88. The molecule has 82 valence electrons. The van der Waals surface area contributed by atoms with Crippen LogP contribution in [-0.4, -0.2) is 0 Å². The van der Waals surface area contributed by atoms with Crippen LogP contribution < -0.4 is 11.3 Å². The van der Waals surface area contributed by atoms with Crippen LogP contribution in [0.5, 0.6) is 0 Å². The van der Waals surface area contributed by atoms with Crippen molar-refractivity contribution in [1.29, 1.82) is 0 Å². The normalized spacial score (nSPS) is 17.8. The van der Waals surface area contributed by atoms with E-state index in [0.717, 1.165) is 16.8 Å². The molecule has 15 heavy (non-hydrogen) atoms. The summed E-state index contributed by atoms with van der Waals surface area (Å²) in [4.78, 5) is 0. The predicted molar refractivity (Wildman–Crippen MR) is 66.3 cm³/mol. The van der Waals surface area contributed by atoms with Crippen LogP contribution in [0.1, 0.15) is 36.4 Å². The van der Waals surface area contributed by atoms with Gasteiger partial charge < -0.3 is 0 Å². The van der Waals surface area contributed by atoms with Gasteiger partial charge in [0.25, 0.3) is 0 Å². The SMILES string of the molecule is Cc1ccc(C(CC2CC2)NN)c(Br)c1. The molecule has 0 amide bonds. The molecule has 1 aromatic carbocycles. The van der Waals surface area contributed by atoms with Gasteiger partial charge in [-0.05, 0) is 36.5 Å². The number of hydrogen-bond donors (Lipinski definition) is 2. The van der Waals surface area contributed by atoms with E-state index in [0.29, 0.717) is 0 Å². The molecule has 1 fully saturated rings. The van der Waals surface area contributed by atoms with Gasteiger partial charge in [0.1, 0.15) is 0 Å². The minimum Gasteiger partial charge on any atom is -0.271 e. The second-order valence-electron chi connectivity index (χ2n) is 4.42. The average molecular weight is 269 g/mol. The fourth-order valence-electron chi connectivity index (χ4n) is 1.89. The summed E-state index contributed by atoms with van der Waals surface area (Å²) in [7, 11) is 0. The molecule has 2 rings (SSSR count). The Bertz CT molecular complexity index is 347. The lowest BCUT2D eigenvalue weighted by atomic mass is 10.0. The third-order valence-electron chi connectivity index (χ3n) is 3.00. The second-order valence-corrected chi connectivity index (χ2v) is 5.28. The Morgan fingerprint density at radius 1 is 1.53 bits per heavy atom. The molecule has 1 aliphatic rings. The largest absolute Gasteiger partial charge is 0.271 e. The molecule has 1 aliphatic carbocycles. The van der Waals surface area contributed by atoms with Gasteiger partial charge >= 0.3 is 0 Å². The third-order valence-corrected chi connectivity index (χ3v) is 3.69. The molecular weight excluding hydrogens is 252 g/mol. The number of nitrogens with two attached hydrogens (primary N) is 1. The van der Waals surface area contributed by atoms with E-state index in [-0.39, 0.29) is 6.04 Å². The Balaban J connectivity index is 2.16. The van der Waals surface area contributed by atoms with Crippen LogP contribution in [0.25, 0.3) is 0 Å². The minimum absolute atomic E-state index is 0.285. The maximum Gasteiger partial charge on any atom is 0.0473 e. The number of aryl methyl sites for hydroxylation is 1. The number of hydrogen-bond acceptors (Lipinski definition) is 2. The zero-order valence-electron chi connectivity index (χ0n) is 8.96. The van der Waals surface area contributed by atoms with Crippen molar-refractivity contribution in [3.63, 3.8) is 0 Å². The Labute approximate surface area is 99.3 Å². The molecule has 0 bridgehead atoms. The molecule has 0 radical (unpaired) electrons. The fraction of sp³-hybridized carbons (Fsp3) is 0.500. The highest BCUT2D eigenvalue weighted by Gasteiger charge is 2.26. The molecule has 1 saturated carbocycles. The lowest BCUT2D eigenvalue weighted by Gasteiger charge is -2.17. The molecule has 2 nitrogen and oxygen atoms in total. The van der Waals surface area contributed by atoms with Gasteiger partial charge in [0.05, 0.1) is 0 Å². The van der Waals surface area contributed by atoms with E-state index >= 15 is 0 Å². The number of halogens is 1. The van der Waals surface area contributed by atoms with Crippen molar-refractivity contribution >= 4 is 15.9 Å². The monoisotopic (exact) mass is 268 g/mol. The Hall–Kier alpha value is -0.380. The molecule has 0 spiro atoms. The molecule has 0 aliphatic heterocycles. The first-order valence-electron chi connectivity index (χ1n) is 5.43. The maximum absolute atomic E-state index is 5.62. The molecule has 3 heteroatoms. The van der Waals surface area contributed by atoms with Crippen LogP contribution in [0.15, 0.2) is 22.7 Å². The highest BCUT2D eigenvalue weighted by molar-refractivity contribution is 9.10. The second kappa shape index (κ2) is 4.64. The standard InChI is InChI=1S/C12H17BrN2/c1-8-2-5-10(11(13)6-8)12(15-14)7-9-3-4-9/h2,5-6,9,12,15H,3-4,7,14H2,1H3. The minimum atomic E-state index is 0.285. The van der Waals surface area contributed by atoms with Crippen LogP contribution in [0.4, 0.5) is 0 Å². The summed E-state index contributed by atoms with van der Waals surface area (Å²) < 4.78 is 1.16. The Morgan fingerprint density at radius 3 is 2.80 bits per heavy atom. The zero-order valence-corrected chi connectivity index (χ0v) is 10.5. The van der Waals surface area contributed by atoms with Gasteiger partial charge in [-0.1, -0.05) is 40.9 Å². The molecule has 0 aromatic heterocycles. The van der Waals surface area contributed by atoms with Crippen molar-refractivity contribution in [3.05, 3.63) is 33.8 Å². The van der Waals surface area contributed by atoms with Gasteiger partial charge in [-0.3, -0.25) is 11.3 Å². The average Bonchev–Trinajstić information content (AvgIpc) is 2.99. The predicted octanol–water partition coefficient (Wildman–Crippen LogP) is 3.06. The number of rotatable bonds is 4. The summed E-state index contributed by atoms with van der Waals surface area (Å²) in [5.74, 6) is 6.49.